The lowest BCUT2D eigenvalue weighted by molar-refractivity contribution is -0.153. The standard InChI is InChI=1S/C20H23NO4/c1-14-8-7-9-15(2)19(14)21-20(23)16(3)25-18(22)12-13-24-17-10-5-4-6-11-17/h4-11,16H,12-13H2,1-3H3,(H,21,23)/t16-/m1/s1. The van der Waals surface area contributed by atoms with Gasteiger partial charge in [0.2, 0.25) is 0 Å². The maximum atomic E-state index is 12.2. The molecule has 1 N–H and O–H groups in total. The molecule has 0 bridgehead atoms. The SMILES string of the molecule is Cc1cccc(C)c1NC(=O)[C@@H](C)OC(=O)CCOc1ccccc1. The molecule has 0 saturated heterocycles. The van der Waals surface area contributed by atoms with Gasteiger partial charge < -0.3 is 14.8 Å². The Balaban J connectivity index is 1.79. The van der Waals surface area contributed by atoms with E-state index < -0.39 is 12.1 Å². The number of carbonyl (C=O) groups excluding carboxylic acids is 2. The third-order valence-electron chi connectivity index (χ3n) is 3.72. The summed E-state index contributed by atoms with van der Waals surface area (Å²) in [6.07, 6.45) is -0.793. The number of carbonyl (C=O) groups is 2. The predicted octanol–water partition coefficient (Wildman–Crippen LogP) is 3.64. The van der Waals surface area contributed by atoms with Crippen LogP contribution in [-0.2, 0) is 14.3 Å². The van der Waals surface area contributed by atoms with Crippen LogP contribution in [0.4, 0.5) is 5.69 Å². The van der Waals surface area contributed by atoms with E-state index in [1.54, 1.807) is 6.92 Å². The summed E-state index contributed by atoms with van der Waals surface area (Å²) >= 11 is 0. The van der Waals surface area contributed by atoms with Gasteiger partial charge in [0.05, 0.1) is 13.0 Å². The molecule has 1 amide bonds. The summed E-state index contributed by atoms with van der Waals surface area (Å²) in [6, 6.07) is 15.0. The maximum absolute atomic E-state index is 12.2. The van der Waals surface area contributed by atoms with Crippen molar-refractivity contribution in [2.45, 2.75) is 33.3 Å². The fourth-order valence-corrected chi connectivity index (χ4v) is 2.32. The van der Waals surface area contributed by atoms with E-state index in [1.807, 2.05) is 62.4 Å². The number of esters is 1. The Morgan fingerprint density at radius 2 is 1.64 bits per heavy atom. The first kappa shape index (κ1) is 18.5. The number of amides is 1. The van der Waals surface area contributed by atoms with Crippen LogP contribution >= 0.6 is 0 Å². The van der Waals surface area contributed by atoms with Crippen LogP contribution < -0.4 is 10.1 Å². The monoisotopic (exact) mass is 341 g/mol. The second kappa shape index (κ2) is 8.87. The smallest absolute Gasteiger partial charge is 0.310 e. The number of anilines is 1. The molecule has 0 unspecified atom stereocenters. The minimum Gasteiger partial charge on any atom is -0.493 e. The van der Waals surface area contributed by atoms with Crippen molar-refractivity contribution in [3.63, 3.8) is 0 Å². The topological polar surface area (TPSA) is 64.6 Å². The Hall–Kier alpha value is -2.82. The summed E-state index contributed by atoms with van der Waals surface area (Å²) < 4.78 is 10.6. The molecule has 0 saturated carbocycles. The molecular formula is C20H23NO4. The minimum atomic E-state index is -0.872. The maximum Gasteiger partial charge on any atom is 0.310 e. The van der Waals surface area contributed by atoms with Gasteiger partial charge in [0.1, 0.15) is 5.75 Å². The highest BCUT2D eigenvalue weighted by Crippen LogP contribution is 2.19. The molecule has 0 radical (unpaired) electrons. The molecule has 0 aliphatic carbocycles. The molecule has 2 aromatic rings. The van der Waals surface area contributed by atoms with Gasteiger partial charge in [0.25, 0.3) is 5.91 Å². The van der Waals surface area contributed by atoms with E-state index in [1.165, 1.54) is 0 Å². The molecule has 0 aliphatic rings. The van der Waals surface area contributed by atoms with Crippen molar-refractivity contribution < 1.29 is 19.1 Å². The Kier molecular flexibility index (Phi) is 6.57. The third-order valence-corrected chi connectivity index (χ3v) is 3.72. The van der Waals surface area contributed by atoms with E-state index in [4.69, 9.17) is 9.47 Å². The molecule has 0 aromatic heterocycles. The number of para-hydroxylation sites is 2. The summed E-state index contributed by atoms with van der Waals surface area (Å²) in [4.78, 5) is 24.1. The summed E-state index contributed by atoms with van der Waals surface area (Å²) in [5.74, 6) is -0.133. The molecule has 5 nitrogen and oxygen atoms in total. The summed E-state index contributed by atoms with van der Waals surface area (Å²) in [5, 5.41) is 2.82. The highest BCUT2D eigenvalue weighted by molar-refractivity contribution is 5.96. The van der Waals surface area contributed by atoms with Crippen LogP contribution in [0.1, 0.15) is 24.5 Å². The molecule has 0 aliphatic heterocycles. The second-order valence-electron chi connectivity index (χ2n) is 5.80. The van der Waals surface area contributed by atoms with Crippen molar-refractivity contribution in [1.29, 1.82) is 0 Å². The van der Waals surface area contributed by atoms with Gasteiger partial charge in [-0.3, -0.25) is 9.59 Å². The van der Waals surface area contributed by atoms with Crippen molar-refractivity contribution in [1.82, 2.24) is 0 Å². The highest BCUT2D eigenvalue weighted by atomic mass is 16.5. The van der Waals surface area contributed by atoms with Crippen LogP contribution in [0.3, 0.4) is 0 Å². The molecule has 2 aromatic carbocycles. The Labute approximate surface area is 148 Å². The molecule has 5 heteroatoms. The number of nitrogens with one attached hydrogen (secondary N) is 1. The van der Waals surface area contributed by atoms with E-state index in [9.17, 15) is 9.59 Å². The zero-order valence-electron chi connectivity index (χ0n) is 14.7. The first-order chi connectivity index (χ1) is 12.0. The van der Waals surface area contributed by atoms with Crippen LogP contribution in [0.2, 0.25) is 0 Å². The van der Waals surface area contributed by atoms with Crippen molar-refractivity contribution in [3.05, 3.63) is 59.7 Å². The molecule has 2 rings (SSSR count). The largest absolute Gasteiger partial charge is 0.493 e. The van der Waals surface area contributed by atoms with E-state index in [-0.39, 0.29) is 18.9 Å². The van der Waals surface area contributed by atoms with Gasteiger partial charge in [0, 0.05) is 5.69 Å². The Morgan fingerprint density at radius 3 is 2.28 bits per heavy atom. The molecule has 0 spiro atoms. The van der Waals surface area contributed by atoms with Crippen LogP contribution in [0.5, 0.6) is 5.75 Å². The van der Waals surface area contributed by atoms with Crippen molar-refractivity contribution in [2.75, 3.05) is 11.9 Å². The Morgan fingerprint density at radius 1 is 1.00 bits per heavy atom. The van der Waals surface area contributed by atoms with Gasteiger partial charge in [-0.15, -0.1) is 0 Å². The van der Waals surface area contributed by atoms with Crippen LogP contribution in [0.15, 0.2) is 48.5 Å². The van der Waals surface area contributed by atoms with Gasteiger partial charge >= 0.3 is 5.97 Å². The lowest BCUT2D eigenvalue weighted by Gasteiger charge is -2.16. The molecule has 0 fully saturated rings. The molecule has 1 atom stereocenters. The Bertz CT molecular complexity index is 707. The molecule has 0 heterocycles. The normalized spacial score (nSPS) is 11.5. The number of aryl methyl sites for hydroxylation is 2. The van der Waals surface area contributed by atoms with Gasteiger partial charge in [-0.1, -0.05) is 36.4 Å². The first-order valence-corrected chi connectivity index (χ1v) is 8.22. The van der Waals surface area contributed by atoms with Gasteiger partial charge in [-0.05, 0) is 44.0 Å². The molecular weight excluding hydrogens is 318 g/mol. The summed E-state index contributed by atoms with van der Waals surface area (Å²) in [7, 11) is 0. The second-order valence-corrected chi connectivity index (χ2v) is 5.80. The average Bonchev–Trinajstić information content (AvgIpc) is 2.59. The number of rotatable bonds is 7. The van der Waals surface area contributed by atoms with Gasteiger partial charge in [-0.25, -0.2) is 0 Å². The van der Waals surface area contributed by atoms with Crippen LogP contribution in [0, 0.1) is 13.8 Å². The zero-order valence-corrected chi connectivity index (χ0v) is 14.7. The van der Waals surface area contributed by atoms with E-state index in [0.29, 0.717) is 5.75 Å². The highest BCUT2D eigenvalue weighted by Gasteiger charge is 2.19. The van der Waals surface area contributed by atoms with Crippen LogP contribution in [0.25, 0.3) is 0 Å². The molecule has 25 heavy (non-hydrogen) atoms. The van der Waals surface area contributed by atoms with Crippen molar-refractivity contribution in [2.24, 2.45) is 0 Å². The fourth-order valence-electron chi connectivity index (χ4n) is 2.32. The van der Waals surface area contributed by atoms with E-state index in [2.05, 4.69) is 5.32 Å². The number of ether oxygens (including phenoxy) is 2. The minimum absolute atomic E-state index is 0.0793. The lowest BCUT2D eigenvalue weighted by atomic mass is 10.1. The number of hydrogen-bond donors (Lipinski definition) is 1. The summed E-state index contributed by atoms with van der Waals surface area (Å²) in [6.45, 7) is 5.59. The first-order valence-electron chi connectivity index (χ1n) is 8.22. The summed E-state index contributed by atoms with van der Waals surface area (Å²) in [5.41, 5.74) is 2.68. The van der Waals surface area contributed by atoms with Gasteiger partial charge in [0.15, 0.2) is 6.10 Å². The van der Waals surface area contributed by atoms with Gasteiger partial charge in [-0.2, -0.15) is 0 Å². The van der Waals surface area contributed by atoms with Crippen molar-refractivity contribution >= 4 is 17.6 Å². The van der Waals surface area contributed by atoms with E-state index in [0.717, 1.165) is 16.8 Å². The zero-order chi connectivity index (χ0) is 18.2. The number of benzene rings is 2. The lowest BCUT2D eigenvalue weighted by Crippen LogP contribution is -2.30. The average molecular weight is 341 g/mol. The number of hydrogen-bond acceptors (Lipinski definition) is 4. The predicted molar refractivity (Wildman–Crippen MR) is 96.7 cm³/mol. The quantitative estimate of drug-likeness (QED) is 0.781. The van der Waals surface area contributed by atoms with E-state index >= 15 is 0 Å². The molecule has 132 valence electrons. The van der Waals surface area contributed by atoms with Crippen LogP contribution in [-0.4, -0.2) is 24.6 Å². The fraction of sp³-hybridized carbons (Fsp3) is 0.300. The van der Waals surface area contributed by atoms with Crippen molar-refractivity contribution in [3.8, 4) is 5.75 Å². The third kappa shape index (κ3) is 5.64.